The second-order valence-electron chi connectivity index (χ2n) is 8.31. The second-order valence-corrected chi connectivity index (χ2v) is 10.2. The third-order valence-electron chi connectivity index (χ3n) is 5.79. The molecule has 1 amide bonds. The van der Waals surface area contributed by atoms with E-state index >= 15 is 0 Å². The van der Waals surface area contributed by atoms with E-state index in [1.807, 2.05) is 22.6 Å². The summed E-state index contributed by atoms with van der Waals surface area (Å²) in [4.78, 5) is 40.8. The first kappa shape index (κ1) is 25.5. The minimum atomic E-state index is -1.29. The van der Waals surface area contributed by atoms with Crippen molar-refractivity contribution in [1.82, 2.24) is 10.3 Å². The molecule has 174 valence electrons. The molecule has 3 N–H and O–H groups in total. The summed E-state index contributed by atoms with van der Waals surface area (Å²) in [5, 5.41) is 16.2. The zero-order valence-corrected chi connectivity index (χ0v) is 21.8. The number of aliphatic carboxylic acids is 1. The molecule has 1 aliphatic carbocycles. The van der Waals surface area contributed by atoms with E-state index in [2.05, 4.69) is 15.6 Å². The lowest BCUT2D eigenvalue weighted by atomic mass is 9.73. The van der Waals surface area contributed by atoms with Gasteiger partial charge < -0.3 is 15.7 Å². The van der Waals surface area contributed by atoms with E-state index < -0.39 is 22.8 Å². The van der Waals surface area contributed by atoms with Gasteiger partial charge in [-0.15, -0.1) is 0 Å². The van der Waals surface area contributed by atoms with Crippen molar-refractivity contribution in [3.05, 3.63) is 67.1 Å². The molecule has 3 rings (SSSR count). The zero-order chi connectivity index (χ0) is 24.6. The topological polar surface area (TPSA) is 108 Å². The maximum atomic E-state index is 12.6. The summed E-state index contributed by atoms with van der Waals surface area (Å²) in [6.45, 7) is 5.35. The van der Waals surface area contributed by atoms with Gasteiger partial charge in [0.05, 0.1) is 24.6 Å². The molecule has 33 heavy (non-hydrogen) atoms. The molecule has 1 aromatic carbocycles. The number of carbonyl (C=O) groups is 3. The van der Waals surface area contributed by atoms with Gasteiger partial charge in [0.15, 0.2) is 5.78 Å². The predicted molar refractivity (Wildman–Crippen MR) is 136 cm³/mol. The molecule has 1 aliphatic rings. The van der Waals surface area contributed by atoms with E-state index in [9.17, 15) is 19.5 Å². The lowest BCUT2D eigenvalue weighted by Crippen LogP contribution is -2.58. The van der Waals surface area contributed by atoms with Crippen LogP contribution in [0.4, 0.5) is 5.69 Å². The zero-order valence-electron chi connectivity index (χ0n) is 18.1. The quantitative estimate of drug-likeness (QED) is 0.356. The summed E-state index contributed by atoms with van der Waals surface area (Å²) in [7, 11) is 0. The van der Waals surface area contributed by atoms with Crippen molar-refractivity contribution in [2.45, 2.75) is 39.2 Å². The number of Topliss-reactive ketones (excluding diaryl/α,β-unsaturated/α-hetero) is 1. The van der Waals surface area contributed by atoms with Gasteiger partial charge in [-0.2, -0.15) is 0 Å². The van der Waals surface area contributed by atoms with Crippen molar-refractivity contribution < 1.29 is 19.5 Å². The van der Waals surface area contributed by atoms with E-state index in [1.54, 1.807) is 45.0 Å². The number of hydrogen-bond donors (Lipinski definition) is 3. The summed E-state index contributed by atoms with van der Waals surface area (Å²) in [6, 6.07) is 6.85. The number of allylic oxidation sites excluding steroid dienone is 2. The first-order valence-electron chi connectivity index (χ1n) is 10.1. The number of rotatable bonds is 8. The molecular weight excluding hydrogens is 580 g/mol. The van der Waals surface area contributed by atoms with Gasteiger partial charge in [-0.25, -0.2) is 4.79 Å². The van der Waals surface area contributed by atoms with Crippen molar-refractivity contribution in [3.63, 3.8) is 0 Å². The van der Waals surface area contributed by atoms with Crippen LogP contribution in [-0.4, -0.2) is 33.3 Å². The molecule has 1 heterocycles. The van der Waals surface area contributed by atoms with Crippen molar-refractivity contribution >= 4 is 69.1 Å². The third-order valence-corrected chi connectivity index (χ3v) is 7.39. The lowest BCUT2D eigenvalue weighted by molar-refractivity contribution is -0.145. The van der Waals surface area contributed by atoms with Crippen LogP contribution in [0, 0.1) is 5.41 Å². The Morgan fingerprint density at radius 3 is 2.21 bits per heavy atom. The monoisotopic (exact) mass is 601 g/mol. The number of nitrogens with one attached hydrogen (secondary N) is 2. The van der Waals surface area contributed by atoms with Gasteiger partial charge in [-0.3, -0.25) is 14.6 Å². The van der Waals surface area contributed by atoms with E-state index in [1.165, 1.54) is 12.4 Å². The van der Waals surface area contributed by atoms with Crippen LogP contribution < -0.4 is 10.6 Å². The Morgan fingerprint density at radius 1 is 1.15 bits per heavy atom. The molecule has 7 nitrogen and oxygen atoms in total. The van der Waals surface area contributed by atoms with Gasteiger partial charge in [0, 0.05) is 30.2 Å². The molecule has 0 aliphatic heterocycles. The van der Waals surface area contributed by atoms with E-state index in [0.29, 0.717) is 21.4 Å². The Labute approximate surface area is 215 Å². The minimum Gasteiger partial charge on any atom is -0.479 e. The molecule has 0 saturated heterocycles. The van der Waals surface area contributed by atoms with E-state index in [-0.39, 0.29) is 27.8 Å². The number of anilines is 1. The molecule has 10 heteroatoms. The van der Waals surface area contributed by atoms with Crippen LogP contribution in [0.25, 0.3) is 0 Å². The average Bonchev–Trinajstić information content (AvgIpc) is 2.76. The Balaban J connectivity index is 1.80. The molecule has 0 radical (unpaired) electrons. The lowest BCUT2D eigenvalue weighted by Gasteiger charge is -2.42. The highest BCUT2D eigenvalue weighted by atomic mass is 127. The Hall–Kier alpha value is -2.17. The molecule has 0 fully saturated rings. The number of carboxylic acid groups (broad SMARTS) is 1. The number of amides is 1. The Morgan fingerprint density at radius 2 is 1.73 bits per heavy atom. The number of ketones is 1. The SMILES string of the molecule is CC[C@@](Cc1ccc(NC(=O)c2c(Cl)cncc2Cl)cc1)(NC1=C(I)C(=O)C1(C)C)C(=O)O. The highest BCUT2D eigenvalue weighted by Gasteiger charge is 2.50. The first-order chi connectivity index (χ1) is 15.4. The smallest absolute Gasteiger partial charge is 0.329 e. The minimum absolute atomic E-state index is 0.00418. The summed E-state index contributed by atoms with van der Waals surface area (Å²) >= 11 is 14.0. The standard InChI is InChI=1S/C23H22Cl2IN3O4/c1-4-23(21(32)33,29-18-17(26)19(30)22(18,2)3)9-12-5-7-13(8-6-12)28-20(31)16-14(24)10-27-11-15(16)25/h5-8,10-11,29H,4,9H2,1-3H3,(H,28,31)(H,32,33)/t23-/m0/s1. The van der Waals surface area contributed by atoms with E-state index in [4.69, 9.17) is 23.2 Å². The normalized spacial score (nSPS) is 16.6. The number of carbonyl (C=O) groups excluding carboxylic acids is 2. The van der Waals surface area contributed by atoms with E-state index in [0.717, 1.165) is 5.56 Å². The summed E-state index contributed by atoms with van der Waals surface area (Å²) in [6.07, 6.45) is 3.16. The molecule has 1 aromatic heterocycles. The largest absolute Gasteiger partial charge is 0.479 e. The Kier molecular flexibility index (Phi) is 7.40. The number of nitrogens with zero attached hydrogens (tertiary/aromatic N) is 1. The van der Waals surface area contributed by atoms with Gasteiger partial charge >= 0.3 is 5.97 Å². The molecule has 2 aromatic rings. The third kappa shape index (κ3) is 4.88. The highest BCUT2D eigenvalue weighted by molar-refractivity contribution is 14.1. The number of benzene rings is 1. The molecule has 0 unspecified atom stereocenters. The van der Waals surface area contributed by atoms with Crippen molar-refractivity contribution in [2.75, 3.05) is 5.32 Å². The van der Waals surface area contributed by atoms with Gasteiger partial charge in [-0.05, 0) is 60.6 Å². The molecule has 0 bridgehead atoms. The maximum Gasteiger partial charge on any atom is 0.329 e. The highest BCUT2D eigenvalue weighted by Crippen LogP contribution is 2.45. The van der Waals surface area contributed by atoms with Crippen molar-refractivity contribution in [2.24, 2.45) is 5.41 Å². The fourth-order valence-corrected chi connectivity index (χ4v) is 5.60. The van der Waals surface area contributed by atoms with Gasteiger partial charge in [0.2, 0.25) is 0 Å². The fourth-order valence-electron chi connectivity index (χ4n) is 3.58. The van der Waals surface area contributed by atoms with Gasteiger partial charge in [0.1, 0.15) is 5.54 Å². The molecule has 1 atom stereocenters. The van der Waals surface area contributed by atoms with Crippen LogP contribution in [-0.2, 0) is 16.0 Å². The predicted octanol–water partition coefficient (Wildman–Crippen LogP) is 5.26. The fraction of sp³-hybridized carbons (Fsp3) is 0.304. The molecule has 0 spiro atoms. The van der Waals surface area contributed by atoms with Gasteiger partial charge in [-0.1, -0.05) is 42.3 Å². The van der Waals surface area contributed by atoms with Crippen LogP contribution in [0.15, 0.2) is 45.9 Å². The first-order valence-corrected chi connectivity index (χ1v) is 11.9. The van der Waals surface area contributed by atoms with Crippen molar-refractivity contribution in [1.29, 1.82) is 0 Å². The second kappa shape index (κ2) is 9.60. The summed E-state index contributed by atoms with van der Waals surface area (Å²) < 4.78 is 0.531. The average molecular weight is 602 g/mol. The molecule has 0 saturated carbocycles. The van der Waals surface area contributed by atoms with Crippen molar-refractivity contribution in [3.8, 4) is 0 Å². The Bertz CT molecular complexity index is 1140. The maximum absolute atomic E-state index is 12.6. The van der Waals surface area contributed by atoms with Crippen LogP contribution >= 0.6 is 45.8 Å². The van der Waals surface area contributed by atoms with Crippen LogP contribution in [0.1, 0.15) is 43.1 Å². The number of aromatic nitrogens is 1. The van der Waals surface area contributed by atoms with Crippen LogP contribution in [0.2, 0.25) is 10.0 Å². The number of pyridine rings is 1. The number of hydrogen-bond acceptors (Lipinski definition) is 5. The molecular formula is C23H22Cl2IN3O4. The summed E-state index contributed by atoms with van der Waals surface area (Å²) in [5.74, 6) is -1.49. The van der Waals surface area contributed by atoms with Crippen LogP contribution in [0.3, 0.4) is 0 Å². The van der Waals surface area contributed by atoms with Crippen LogP contribution in [0.5, 0.6) is 0 Å². The summed E-state index contributed by atoms with van der Waals surface area (Å²) in [5.41, 5.74) is -0.00184. The number of carboxylic acids is 1. The number of halogens is 3. The van der Waals surface area contributed by atoms with Gasteiger partial charge in [0.25, 0.3) is 5.91 Å².